The predicted octanol–water partition coefficient (Wildman–Crippen LogP) is 5.73. The Bertz CT molecular complexity index is 1070. The number of anilines is 2. The fourth-order valence-corrected chi connectivity index (χ4v) is 3.12. The summed E-state index contributed by atoms with van der Waals surface area (Å²) < 4.78 is 0. The number of pyridine rings is 1. The summed E-state index contributed by atoms with van der Waals surface area (Å²) >= 11 is 0. The van der Waals surface area contributed by atoms with Gasteiger partial charge in [-0.05, 0) is 34.7 Å². The minimum atomic E-state index is 0.144. The van der Waals surface area contributed by atoms with Crippen LogP contribution in [0.4, 0.5) is 11.5 Å². The van der Waals surface area contributed by atoms with E-state index in [9.17, 15) is 0 Å². The normalized spacial score (nSPS) is 11.5. The summed E-state index contributed by atoms with van der Waals surface area (Å²) in [5.74, 6) is 0.719. The highest BCUT2D eigenvalue weighted by molar-refractivity contribution is 5.94. The van der Waals surface area contributed by atoms with Gasteiger partial charge in [0.2, 0.25) is 0 Å². The van der Waals surface area contributed by atoms with Crippen LogP contribution in [0.15, 0.2) is 73.2 Å². The van der Waals surface area contributed by atoms with Gasteiger partial charge in [-0.1, -0.05) is 57.2 Å². The summed E-state index contributed by atoms with van der Waals surface area (Å²) in [5.41, 5.74) is 4.61. The van der Waals surface area contributed by atoms with Crippen LogP contribution in [0.3, 0.4) is 0 Å². The molecular weight excluding hydrogens is 332 g/mol. The third-order valence-electron chi connectivity index (χ3n) is 4.68. The van der Waals surface area contributed by atoms with Crippen molar-refractivity contribution in [3.8, 4) is 11.1 Å². The van der Waals surface area contributed by atoms with Crippen molar-refractivity contribution in [3.05, 3.63) is 78.8 Å². The molecule has 0 aliphatic heterocycles. The molecule has 4 nitrogen and oxygen atoms in total. The van der Waals surface area contributed by atoms with Crippen LogP contribution in [0.5, 0.6) is 0 Å². The molecular formula is C23H22N4. The predicted molar refractivity (Wildman–Crippen MR) is 111 cm³/mol. The molecule has 1 N–H and O–H groups in total. The molecule has 2 heterocycles. The summed E-state index contributed by atoms with van der Waals surface area (Å²) in [6.45, 7) is 6.66. The first-order valence-corrected chi connectivity index (χ1v) is 9.04. The van der Waals surface area contributed by atoms with Gasteiger partial charge in [-0.3, -0.25) is 4.98 Å². The van der Waals surface area contributed by atoms with E-state index in [1.54, 1.807) is 12.4 Å². The number of rotatable bonds is 3. The number of aromatic nitrogens is 3. The standard InChI is InChI=1S/C23H22N4/c1-23(2,3)19-9-7-16(8-10-19)18-13-22(27-25-15-18)26-21-6-4-5-17-14-24-12-11-20(17)21/h4-15H,1-3H3,(H,26,27). The van der Waals surface area contributed by atoms with Crippen LogP contribution in [0, 0.1) is 0 Å². The smallest absolute Gasteiger partial charge is 0.153 e. The van der Waals surface area contributed by atoms with E-state index in [2.05, 4.69) is 65.5 Å². The van der Waals surface area contributed by atoms with Crippen LogP contribution < -0.4 is 5.32 Å². The van der Waals surface area contributed by atoms with Crippen LogP contribution in [-0.2, 0) is 5.41 Å². The second kappa shape index (κ2) is 6.80. The summed E-state index contributed by atoms with van der Waals surface area (Å²) in [4.78, 5) is 4.18. The average molecular weight is 354 g/mol. The molecule has 0 atom stereocenters. The Morgan fingerprint density at radius 2 is 1.67 bits per heavy atom. The lowest BCUT2D eigenvalue weighted by molar-refractivity contribution is 0.590. The van der Waals surface area contributed by atoms with Gasteiger partial charge in [-0.2, -0.15) is 5.10 Å². The van der Waals surface area contributed by atoms with Gasteiger partial charge < -0.3 is 5.32 Å². The highest BCUT2D eigenvalue weighted by Crippen LogP contribution is 2.28. The van der Waals surface area contributed by atoms with Crippen molar-refractivity contribution in [1.82, 2.24) is 15.2 Å². The summed E-state index contributed by atoms with van der Waals surface area (Å²) in [6.07, 6.45) is 5.45. The number of benzene rings is 2. The molecule has 0 aliphatic rings. The lowest BCUT2D eigenvalue weighted by Gasteiger charge is -2.19. The van der Waals surface area contributed by atoms with E-state index in [1.807, 2.05) is 36.5 Å². The van der Waals surface area contributed by atoms with Gasteiger partial charge >= 0.3 is 0 Å². The lowest BCUT2D eigenvalue weighted by Crippen LogP contribution is -2.10. The largest absolute Gasteiger partial charge is 0.338 e. The molecule has 0 saturated carbocycles. The Hall–Kier alpha value is -3.27. The topological polar surface area (TPSA) is 50.7 Å². The monoisotopic (exact) mass is 354 g/mol. The Labute approximate surface area is 159 Å². The third-order valence-corrected chi connectivity index (χ3v) is 4.68. The second-order valence-electron chi connectivity index (χ2n) is 7.68. The summed E-state index contributed by atoms with van der Waals surface area (Å²) in [6, 6.07) is 18.8. The van der Waals surface area contributed by atoms with Crippen molar-refractivity contribution in [3.63, 3.8) is 0 Å². The highest BCUT2D eigenvalue weighted by atomic mass is 15.2. The molecule has 0 spiro atoms. The molecule has 2 aromatic heterocycles. The molecule has 0 fully saturated rings. The van der Waals surface area contributed by atoms with E-state index in [0.717, 1.165) is 33.4 Å². The zero-order chi connectivity index (χ0) is 18.9. The summed E-state index contributed by atoms with van der Waals surface area (Å²) in [5, 5.41) is 14.0. The maximum Gasteiger partial charge on any atom is 0.153 e. The quantitative estimate of drug-likeness (QED) is 0.510. The molecule has 4 rings (SSSR count). The van der Waals surface area contributed by atoms with Crippen molar-refractivity contribution < 1.29 is 0 Å². The molecule has 0 amide bonds. The fourth-order valence-electron chi connectivity index (χ4n) is 3.12. The zero-order valence-corrected chi connectivity index (χ0v) is 15.8. The van der Waals surface area contributed by atoms with E-state index in [-0.39, 0.29) is 5.41 Å². The number of hydrogen-bond acceptors (Lipinski definition) is 4. The Morgan fingerprint density at radius 3 is 2.44 bits per heavy atom. The first-order chi connectivity index (χ1) is 13.0. The molecule has 4 aromatic rings. The van der Waals surface area contributed by atoms with Crippen molar-refractivity contribution >= 4 is 22.3 Å². The van der Waals surface area contributed by atoms with E-state index >= 15 is 0 Å². The van der Waals surface area contributed by atoms with Crippen molar-refractivity contribution in [2.24, 2.45) is 0 Å². The van der Waals surface area contributed by atoms with Gasteiger partial charge in [0, 0.05) is 34.4 Å². The minimum absolute atomic E-state index is 0.144. The van der Waals surface area contributed by atoms with E-state index in [4.69, 9.17) is 0 Å². The minimum Gasteiger partial charge on any atom is -0.338 e. The van der Waals surface area contributed by atoms with Gasteiger partial charge in [0.05, 0.1) is 6.20 Å². The Kier molecular flexibility index (Phi) is 4.32. The third kappa shape index (κ3) is 3.65. The van der Waals surface area contributed by atoms with Crippen molar-refractivity contribution in [2.75, 3.05) is 5.32 Å². The van der Waals surface area contributed by atoms with Gasteiger partial charge in [0.25, 0.3) is 0 Å². The molecule has 134 valence electrons. The van der Waals surface area contributed by atoms with Crippen LogP contribution in [0.2, 0.25) is 0 Å². The van der Waals surface area contributed by atoms with Crippen molar-refractivity contribution in [2.45, 2.75) is 26.2 Å². The first kappa shape index (κ1) is 17.2. The number of nitrogens with zero attached hydrogens (tertiary/aromatic N) is 3. The van der Waals surface area contributed by atoms with Crippen LogP contribution >= 0.6 is 0 Å². The number of nitrogens with one attached hydrogen (secondary N) is 1. The SMILES string of the molecule is CC(C)(C)c1ccc(-c2cnnc(Nc3cccc4cnccc34)c2)cc1. The van der Waals surface area contributed by atoms with E-state index < -0.39 is 0 Å². The average Bonchev–Trinajstić information content (AvgIpc) is 2.68. The van der Waals surface area contributed by atoms with Crippen molar-refractivity contribution in [1.29, 1.82) is 0 Å². The molecule has 0 unspecified atom stereocenters. The first-order valence-electron chi connectivity index (χ1n) is 9.04. The molecule has 0 saturated heterocycles. The molecule has 2 aromatic carbocycles. The van der Waals surface area contributed by atoms with E-state index in [1.165, 1.54) is 5.56 Å². The fraction of sp³-hybridized carbons (Fsp3) is 0.174. The molecule has 0 radical (unpaired) electrons. The molecule has 0 bridgehead atoms. The van der Waals surface area contributed by atoms with Gasteiger partial charge in [-0.15, -0.1) is 5.10 Å². The Balaban J connectivity index is 1.65. The molecule has 27 heavy (non-hydrogen) atoms. The molecule has 0 aliphatic carbocycles. The zero-order valence-electron chi connectivity index (χ0n) is 15.8. The van der Waals surface area contributed by atoms with Crippen LogP contribution in [0.1, 0.15) is 26.3 Å². The van der Waals surface area contributed by atoms with Crippen LogP contribution in [0.25, 0.3) is 21.9 Å². The summed E-state index contributed by atoms with van der Waals surface area (Å²) in [7, 11) is 0. The maximum atomic E-state index is 4.25. The lowest BCUT2D eigenvalue weighted by atomic mass is 9.86. The number of fused-ring (bicyclic) bond motifs is 1. The van der Waals surface area contributed by atoms with Gasteiger partial charge in [0.1, 0.15) is 0 Å². The van der Waals surface area contributed by atoms with Gasteiger partial charge in [-0.25, -0.2) is 0 Å². The second-order valence-corrected chi connectivity index (χ2v) is 7.68. The Morgan fingerprint density at radius 1 is 0.852 bits per heavy atom. The van der Waals surface area contributed by atoms with E-state index in [0.29, 0.717) is 0 Å². The molecule has 4 heteroatoms. The highest BCUT2D eigenvalue weighted by Gasteiger charge is 2.13. The van der Waals surface area contributed by atoms with Crippen LogP contribution in [-0.4, -0.2) is 15.2 Å². The maximum absolute atomic E-state index is 4.25. The number of hydrogen-bond donors (Lipinski definition) is 1. The van der Waals surface area contributed by atoms with Gasteiger partial charge in [0.15, 0.2) is 5.82 Å².